The molecule has 94 valence electrons. The number of methoxy groups -OCH3 is 1. The summed E-state index contributed by atoms with van der Waals surface area (Å²) in [6.07, 6.45) is 0.896. The van der Waals surface area contributed by atoms with Crippen LogP contribution in [0.25, 0.3) is 0 Å². The number of anilines is 1. The molecule has 0 aromatic heterocycles. The molecule has 0 aliphatic carbocycles. The Morgan fingerprint density at radius 2 is 2.18 bits per heavy atom. The molecule has 0 radical (unpaired) electrons. The Labute approximate surface area is 101 Å². The molecule has 1 aromatic carbocycles. The molecule has 0 bridgehead atoms. The number of hydrogen-bond donors (Lipinski definition) is 2. The van der Waals surface area contributed by atoms with Gasteiger partial charge in [-0.15, -0.1) is 0 Å². The molecule has 5 nitrogen and oxygen atoms in total. The van der Waals surface area contributed by atoms with E-state index in [1.54, 1.807) is 18.2 Å². The van der Waals surface area contributed by atoms with Crippen LogP contribution < -0.4 is 20.5 Å². The van der Waals surface area contributed by atoms with E-state index in [-0.39, 0.29) is 12.5 Å². The van der Waals surface area contributed by atoms with Gasteiger partial charge in [-0.1, -0.05) is 6.92 Å². The van der Waals surface area contributed by atoms with Crippen molar-refractivity contribution < 1.29 is 14.3 Å². The zero-order valence-corrected chi connectivity index (χ0v) is 10.2. The zero-order chi connectivity index (χ0) is 12.7. The normalized spacial score (nSPS) is 9.76. The van der Waals surface area contributed by atoms with Crippen molar-refractivity contribution in [3.05, 3.63) is 18.2 Å². The largest absolute Gasteiger partial charge is 0.493 e. The summed E-state index contributed by atoms with van der Waals surface area (Å²) in [4.78, 5) is 11.4. The SMILES string of the molecule is CCCNC(=O)COc1cc(N)ccc1OC. The molecule has 0 aliphatic heterocycles. The van der Waals surface area contributed by atoms with Crippen molar-refractivity contribution in [2.45, 2.75) is 13.3 Å². The lowest BCUT2D eigenvalue weighted by molar-refractivity contribution is -0.123. The summed E-state index contributed by atoms with van der Waals surface area (Å²) in [6.45, 7) is 2.60. The van der Waals surface area contributed by atoms with Crippen LogP contribution in [0.2, 0.25) is 0 Å². The number of rotatable bonds is 6. The van der Waals surface area contributed by atoms with Crippen molar-refractivity contribution in [2.24, 2.45) is 0 Å². The van der Waals surface area contributed by atoms with Gasteiger partial charge in [0, 0.05) is 18.3 Å². The summed E-state index contributed by atoms with van der Waals surface area (Å²) in [6, 6.07) is 5.05. The van der Waals surface area contributed by atoms with Crippen LogP contribution in [0, 0.1) is 0 Å². The van der Waals surface area contributed by atoms with E-state index in [9.17, 15) is 4.79 Å². The maximum absolute atomic E-state index is 11.4. The molecule has 0 spiro atoms. The van der Waals surface area contributed by atoms with Gasteiger partial charge in [0.15, 0.2) is 18.1 Å². The maximum Gasteiger partial charge on any atom is 0.257 e. The molecule has 0 atom stereocenters. The van der Waals surface area contributed by atoms with E-state index >= 15 is 0 Å². The molecule has 0 saturated heterocycles. The topological polar surface area (TPSA) is 73.6 Å². The van der Waals surface area contributed by atoms with Gasteiger partial charge in [0.2, 0.25) is 0 Å². The van der Waals surface area contributed by atoms with Gasteiger partial charge in [-0.05, 0) is 18.6 Å². The Hall–Kier alpha value is -1.91. The fraction of sp³-hybridized carbons (Fsp3) is 0.417. The Kier molecular flexibility index (Phi) is 5.13. The van der Waals surface area contributed by atoms with Gasteiger partial charge < -0.3 is 20.5 Å². The number of nitrogens with one attached hydrogen (secondary N) is 1. The van der Waals surface area contributed by atoms with Crippen molar-refractivity contribution in [3.63, 3.8) is 0 Å². The minimum atomic E-state index is -0.156. The highest BCUT2D eigenvalue weighted by atomic mass is 16.5. The van der Waals surface area contributed by atoms with Gasteiger partial charge in [0.1, 0.15) is 0 Å². The lowest BCUT2D eigenvalue weighted by Crippen LogP contribution is -2.29. The molecule has 5 heteroatoms. The van der Waals surface area contributed by atoms with E-state index in [2.05, 4.69) is 5.32 Å². The van der Waals surface area contributed by atoms with Crippen LogP contribution in [0.4, 0.5) is 5.69 Å². The van der Waals surface area contributed by atoms with E-state index in [0.29, 0.717) is 23.7 Å². The molecular weight excluding hydrogens is 220 g/mol. The second-order valence-corrected chi connectivity index (χ2v) is 3.55. The second-order valence-electron chi connectivity index (χ2n) is 3.55. The standard InChI is InChI=1S/C12H18N2O3/c1-3-6-14-12(15)8-17-11-7-9(13)4-5-10(11)16-2/h4-5,7H,3,6,8,13H2,1-2H3,(H,14,15). The maximum atomic E-state index is 11.4. The Bertz CT molecular complexity index is 380. The van der Waals surface area contributed by atoms with Crippen molar-refractivity contribution in [1.82, 2.24) is 5.32 Å². The van der Waals surface area contributed by atoms with Crippen LogP contribution in [-0.4, -0.2) is 26.2 Å². The minimum absolute atomic E-state index is 0.0419. The molecule has 0 fully saturated rings. The summed E-state index contributed by atoms with van der Waals surface area (Å²) in [7, 11) is 1.54. The van der Waals surface area contributed by atoms with Crippen LogP contribution in [0.1, 0.15) is 13.3 Å². The Balaban J connectivity index is 2.56. The van der Waals surface area contributed by atoms with Gasteiger partial charge in [-0.25, -0.2) is 0 Å². The van der Waals surface area contributed by atoms with Crippen molar-refractivity contribution >= 4 is 11.6 Å². The van der Waals surface area contributed by atoms with E-state index in [1.807, 2.05) is 6.92 Å². The molecule has 1 aromatic rings. The lowest BCUT2D eigenvalue weighted by Gasteiger charge is -2.11. The summed E-state index contributed by atoms with van der Waals surface area (Å²) < 4.78 is 10.5. The molecule has 0 aliphatic rings. The first-order valence-electron chi connectivity index (χ1n) is 5.50. The van der Waals surface area contributed by atoms with Crippen LogP contribution in [0.15, 0.2) is 18.2 Å². The van der Waals surface area contributed by atoms with Gasteiger partial charge in [0.25, 0.3) is 5.91 Å². The Morgan fingerprint density at radius 3 is 2.82 bits per heavy atom. The number of benzene rings is 1. The highest BCUT2D eigenvalue weighted by molar-refractivity contribution is 5.77. The van der Waals surface area contributed by atoms with E-state index in [4.69, 9.17) is 15.2 Å². The molecule has 3 N–H and O–H groups in total. The zero-order valence-electron chi connectivity index (χ0n) is 10.2. The quantitative estimate of drug-likeness (QED) is 0.730. The minimum Gasteiger partial charge on any atom is -0.493 e. The molecule has 0 heterocycles. The van der Waals surface area contributed by atoms with Crippen LogP contribution in [0.5, 0.6) is 11.5 Å². The van der Waals surface area contributed by atoms with Gasteiger partial charge in [-0.2, -0.15) is 0 Å². The van der Waals surface area contributed by atoms with Crippen LogP contribution >= 0.6 is 0 Å². The number of carbonyl (C=O) groups is 1. The van der Waals surface area contributed by atoms with E-state index in [0.717, 1.165) is 6.42 Å². The number of hydrogen-bond acceptors (Lipinski definition) is 4. The predicted molar refractivity (Wildman–Crippen MR) is 66.2 cm³/mol. The van der Waals surface area contributed by atoms with Gasteiger partial charge in [0.05, 0.1) is 7.11 Å². The number of ether oxygens (including phenoxy) is 2. The summed E-state index contributed by atoms with van der Waals surface area (Å²) in [5, 5.41) is 2.72. The molecule has 0 saturated carbocycles. The first kappa shape index (κ1) is 13.2. The smallest absolute Gasteiger partial charge is 0.257 e. The average molecular weight is 238 g/mol. The highest BCUT2D eigenvalue weighted by Crippen LogP contribution is 2.28. The third kappa shape index (κ3) is 4.22. The molecular formula is C12H18N2O3. The Morgan fingerprint density at radius 1 is 1.41 bits per heavy atom. The van der Waals surface area contributed by atoms with E-state index in [1.165, 1.54) is 7.11 Å². The van der Waals surface area contributed by atoms with Gasteiger partial charge in [-0.3, -0.25) is 4.79 Å². The fourth-order valence-electron chi connectivity index (χ4n) is 1.26. The summed E-state index contributed by atoms with van der Waals surface area (Å²) >= 11 is 0. The number of nitrogens with two attached hydrogens (primary N) is 1. The van der Waals surface area contributed by atoms with Gasteiger partial charge >= 0.3 is 0 Å². The van der Waals surface area contributed by atoms with Crippen molar-refractivity contribution in [3.8, 4) is 11.5 Å². The fourth-order valence-corrected chi connectivity index (χ4v) is 1.26. The van der Waals surface area contributed by atoms with E-state index < -0.39 is 0 Å². The van der Waals surface area contributed by atoms with Crippen molar-refractivity contribution in [1.29, 1.82) is 0 Å². The number of amides is 1. The highest BCUT2D eigenvalue weighted by Gasteiger charge is 2.07. The van der Waals surface area contributed by atoms with Crippen LogP contribution in [-0.2, 0) is 4.79 Å². The first-order chi connectivity index (χ1) is 8.17. The summed E-state index contributed by atoms with van der Waals surface area (Å²) in [5.74, 6) is 0.873. The number of carbonyl (C=O) groups excluding carboxylic acids is 1. The third-order valence-electron chi connectivity index (χ3n) is 2.12. The third-order valence-corrected chi connectivity index (χ3v) is 2.12. The lowest BCUT2D eigenvalue weighted by atomic mass is 10.3. The van der Waals surface area contributed by atoms with Crippen LogP contribution in [0.3, 0.4) is 0 Å². The predicted octanol–water partition coefficient (Wildman–Crippen LogP) is 1.18. The second kappa shape index (κ2) is 6.62. The average Bonchev–Trinajstić information content (AvgIpc) is 2.34. The molecule has 1 amide bonds. The molecule has 1 rings (SSSR count). The molecule has 17 heavy (non-hydrogen) atoms. The number of nitrogen functional groups attached to an aromatic ring is 1. The first-order valence-corrected chi connectivity index (χ1v) is 5.50. The van der Waals surface area contributed by atoms with Crippen molar-refractivity contribution in [2.75, 3.05) is 26.0 Å². The summed E-state index contributed by atoms with van der Waals surface area (Å²) in [5.41, 5.74) is 6.20. The molecule has 0 unspecified atom stereocenters. The monoisotopic (exact) mass is 238 g/mol.